The Morgan fingerprint density at radius 1 is 1.50 bits per heavy atom. The van der Waals surface area contributed by atoms with Crippen LogP contribution in [0.25, 0.3) is 0 Å². The second-order valence-electron chi connectivity index (χ2n) is 6.90. The lowest BCUT2D eigenvalue weighted by Crippen LogP contribution is -2.41. The molecule has 110 valence electrons. The van der Waals surface area contributed by atoms with Crippen LogP contribution in [0.1, 0.15) is 44.3 Å². The van der Waals surface area contributed by atoms with Crippen LogP contribution in [0.5, 0.6) is 0 Å². The Labute approximate surface area is 124 Å². The Hall–Kier alpha value is -0.940. The van der Waals surface area contributed by atoms with Crippen molar-refractivity contribution in [2.24, 2.45) is 5.92 Å². The summed E-state index contributed by atoms with van der Waals surface area (Å²) in [5.41, 5.74) is 1.21. The fourth-order valence-electron chi connectivity index (χ4n) is 3.04. The molecule has 4 nitrogen and oxygen atoms in total. The molecule has 1 N–H and O–H groups in total. The van der Waals surface area contributed by atoms with E-state index in [0.717, 1.165) is 36.6 Å². The first-order valence-electron chi connectivity index (χ1n) is 7.42. The summed E-state index contributed by atoms with van der Waals surface area (Å²) in [6, 6.07) is 0.360. The predicted octanol–water partition coefficient (Wildman–Crippen LogP) is 2.15. The van der Waals surface area contributed by atoms with E-state index < -0.39 is 0 Å². The highest BCUT2D eigenvalue weighted by Crippen LogP contribution is 2.29. The molecule has 2 aliphatic heterocycles. The zero-order chi connectivity index (χ0) is 14.3. The Kier molecular flexibility index (Phi) is 3.58. The maximum atomic E-state index is 12.4. The third kappa shape index (κ3) is 2.61. The molecule has 0 bridgehead atoms. The number of nitrogens with one attached hydrogen (secondary N) is 1. The number of piperidine rings is 1. The summed E-state index contributed by atoms with van der Waals surface area (Å²) in [7, 11) is 0. The van der Waals surface area contributed by atoms with E-state index in [1.54, 1.807) is 11.3 Å². The predicted molar refractivity (Wildman–Crippen MR) is 80.7 cm³/mol. The number of likely N-dealkylation sites (tertiary alicyclic amines) is 1. The van der Waals surface area contributed by atoms with E-state index in [0.29, 0.717) is 18.5 Å². The summed E-state index contributed by atoms with van der Waals surface area (Å²) < 4.78 is 0. The van der Waals surface area contributed by atoms with E-state index >= 15 is 0 Å². The Morgan fingerprint density at radius 3 is 2.95 bits per heavy atom. The molecule has 0 spiro atoms. The van der Waals surface area contributed by atoms with Gasteiger partial charge < -0.3 is 10.2 Å². The second-order valence-corrected chi connectivity index (χ2v) is 7.85. The molecule has 20 heavy (non-hydrogen) atoms. The smallest absolute Gasteiger partial charge is 0.227 e. The molecular weight excluding hydrogens is 270 g/mol. The van der Waals surface area contributed by atoms with Crippen molar-refractivity contribution >= 4 is 17.2 Å². The normalized spacial score (nSPS) is 26.9. The first-order valence-corrected chi connectivity index (χ1v) is 8.30. The van der Waals surface area contributed by atoms with Crippen molar-refractivity contribution in [1.29, 1.82) is 0 Å². The van der Waals surface area contributed by atoms with Gasteiger partial charge in [-0.3, -0.25) is 4.79 Å². The summed E-state index contributed by atoms with van der Waals surface area (Å²) in [4.78, 5) is 19.1. The number of rotatable bonds is 2. The highest BCUT2D eigenvalue weighted by molar-refractivity contribution is 7.09. The molecule has 2 saturated heterocycles. The highest BCUT2D eigenvalue weighted by atomic mass is 32.1. The van der Waals surface area contributed by atoms with Crippen LogP contribution in [0.4, 0.5) is 0 Å². The Morgan fingerprint density at radius 2 is 2.30 bits per heavy atom. The number of amides is 1. The topological polar surface area (TPSA) is 45.2 Å². The lowest BCUT2D eigenvalue weighted by Gasteiger charge is -2.23. The molecule has 2 unspecified atom stereocenters. The van der Waals surface area contributed by atoms with E-state index in [2.05, 4.69) is 31.5 Å². The van der Waals surface area contributed by atoms with Crippen LogP contribution >= 0.6 is 11.3 Å². The van der Waals surface area contributed by atoms with Crippen molar-refractivity contribution in [2.75, 3.05) is 13.1 Å². The average molecular weight is 293 g/mol. The molecule has 5 heteroatoms. The van der Waals surface area contributed by atoms with Gasteiger partial charge >= 0.3 is 0 Å². The van der Waals surface area contributed by atoms with Gasteiger partial charge in [0.15, 0.2) is 0 Å². The largest absolute Gasteiger partial charge is 0.334 e. The molecule has 3 rings (SSSR count). The molecule has 2 fully saturated rings. The number of hydrogen-bond donors (Lipinski definition) is 1. The van der Waals surface area contributed by atoms with Crippen LogP contribution in [0.15, 0.2) is 5.38 Å². The molecule has 0 saturated carbocycles. The van der Waals surface area contributed by atoms with Gasteiger partial charge in [-0.25, -0.2) is 4.98 Å². The quantitative estimate of drug-likeness (QED) is 0.909. The first-order chi connectivity index (χ1) is 9.45. The summed E-state index contributed by atoms with van der Waals surface area (Å²) in [6.07, 6.45) is 2.16. The molecule has 1 aromatic rings. The molecule has 1 aromatic heterocycles. The zero-order valence-corrected chi connectivity index (χ0v) is 13.3. The fourth-order valence-corrected chi connectivity index (χ4v) is 4.07. The van der Waals surface area contributed by atoms with E-state index in [4.69, 9.17) is 4.98 Å². The van der Waals surface area contributed by atoms with Gasteiger partial charge in [-0.15, -0.1) is 11.3 Å². The minimum absolute atomic E-state index is 0.0827. The highest BCUT2D eigenvalue weighted by Gasteiger charge is 2.41. The van der Waals surface area contributed by atoms with Crippen LogP contribution < -0.4 is 5.32 Å². The third-order valence-corrected chi connectivity index (χ3v) is 5.11. The minimum Gasteiger partial charge on any atom is -0.334 e. The van der Waals surface area contributed by atoms with E-state index in [-0.39, 0.29) is 11.3 Å². The molecule has 0 aromatic carbocycles. The van der Waals surface area contributed by atoms with Crippen molar-refractivity contribution < 1.29 is 4.79 Å². The van der Waals surface area contributed by atoms with Gasteiger partial charge in [-0.2, -0.15) is 0 Å². The van der Waals surface area contributed by atoms with Crippen molar-refractivity contribution in [3.05, 3.63) is 16.1 Å². The maximum absolute atomic E-state index is 12.4. The van der Waals surface area contributed by atoms with E-state index in [1.807, 2.05) is 4.90 Å². The summed E-state index contributed by atoms with van der Waals surface area (Å²) in [5, 5.41) is 6.66. The summed E-state index contributed by atoms with van der Waals surface area (Å²) in [5.74, 6) is 0.514. The average Bonchev–Trinajstić information content (AvgIpc) is 2.97. The van der Waals surface area contributed by atoms with Crippen molar-refractivity contribution in [3.8, 4) is 0 Å². The number of nitrogens with zero attached hydrogens (tertiary/aromatic N) is 2. The van der Waals surface area contributed by atoms with Gasteiger partial charge in [0.1, 0.15) is 5.01 Å². The van der Waals surface area contributed by atoms with Gasteiger partial charge in [0.25, 0.3) is 0 Å². The standard InChI is InChI=1S/C15H23N3OS/c1-15(2,3)12-9-20-13(17-12)8-18-7-11-10(14(18)19)5-4-6-16-11/h9-11,16H,4-8H2,1-3H3. The maximum Gasteiger partial charge on any atom is 0.227 e. The van der Waals surface area contributed by atoms with Gasteiger partial charge in [-0.05, 0) is 19.4 Å². The lowest BCUT2D eigenvalue weighted by atomic mass is 9.93. The SMILES string of the molecule is CC(C)(C)c1csc(CN2CC3NCCCC3C2=O)n1. The number of fused-ring (bicyclic) bond motifs is 1. The van der Waals surface area contributed by atoms with Gasteiger partial charge in [0.05, 0.1) is 18.2 Å². The number of carbonyl (C=O) groups excluding carboxylic acids is 1. The third-order valence-electron chi connectivity index (χ3n) is 4.28. The van der Waals surface area contributed by atoms with Crippen LogP contribution in [-0.4, -0.2) is 34.9 Å². The molecule has 2 atom stereocenters. The summed E-state index contributed by atoms with van der Waals surface area (Å²) >= 11 is 1.67. The van der Waals surface area contributed by atoms with Crippen LogP contribution in [-0.2, 0) is 16.8 Å². The lowest BCUT2D eigenvalue weighted by molar-refractivity contribution is -0.131. The molecule has 3 heterocycles. The fraction of sp³-hybridized carbons (Fsp3) is 0.733. The minimum atomic E-state index is 0.0827. The van der Waals surface area contributed by atoms with Gasteiger partial charge in [0.2, 0.25) is 5.91 Å². The summed E-state index contributed by atoms with van der Waals surface area (Å²) in [6.45, 7) is 9.08. The zero-order valence-electron chi connectivity index (χ0n) is 12.5. The van der Waals surface area contributed by atoms with Crippen molar-refractivity contribution in [1.82, 2.24) is 15.2 Å². The Balaban J connectivity index is 1.69. The number of hydrogen-bond acceptors (Lipinski definition) is 4. The second kappa shape index (κ2) is 5.11. The van der Waals surface area contributed by atoms with Crippen molar-refractivity contribution in [3.63, 3.8) is 0 Å². The first kappa shape index (κ1) is 14.0. The molecule has 1 amide bonds. The molecule has 0 aliphatic carbocycles. The Bertz CT molecular complexity index is 505. The number of thiazole rings is 1. The van der Waals surface area contributed by atoms with Gasteiger partial charge in [-0.1, -0.05) is 20.8 Å². The van der Waals surface area contributed by atoms with Crippen molar-refractivity contribution in [2.45, 2.75) is 51.6 Å². The number of aromatic nitrogens is 1. The van der Waals surface area contributed by atoms with Crippen LogP contribution in [0, 0.1) is 5.92 Å². The van der Waals surface area contributed by atoms with Gasteiger partial charge in [0, 0.05) is 23.4 Å². The number of carbonyl (C=O) groups is 1. The van der Waals surface area contributed by atoms with E-state index in [9.17, 15) is 4.79 Å². The van der Waals surface area contributed by atoms with Crippen LogP contribution in [0.2, 0.25) is 0 Å². The molecular formula is C15H23N3OS. The van der Waals surface area contributed by atoms with E-state index in [1.165, 1.54) is 0 Å². The van der Waals surface area contributed by atoms with Crippen LogP contribution in [0.3, 0.4) is 0 Å². The monoisotopic (exact) mass is 293 g/mol. The molecule has 2 aliphatic rings. The molecule has 0 radical (unpaired) electrons.